The third-order valence-electron chi connectivity index (χ3n) is 8.05. The van der Waals surface area contributed by atoms with Crippen LogP contribution in [0.2, 0.25) is 0 Å². The fraction of sp³-hybridized carbons (Fsp3) is 0.258. The van der Waals surface area contributed by atoms with Crippen molar-refractivity contribution < 1.29 is 23.1 Å². The number of nitrogens with zero attached hydrogens (tertiary/aromatic N) is 3. The second-order valence-electron chi connectivity index (χ2n) is 10.9. The third kappa shape index (κ3) is 4.73. The fourth-order valence-electron chi connectivity index (χ4n) is 6.04. The molecular formula is C31H27F2N5O5. The topological polar surface area (TPSA) is 124 Å². The Bertz CT molecular complexity index is 1920. The number of carbonyl (C=O) groups excluding carboxylic acids is 2. The summed E-state index contributed by atoms with van der Waals surface area (Å²) in [6.07, 6.45) is 3.62. The molecule has 2 N–H and O–H groups in total. The number of carbonyl (C=O) groups is 2. The van der Waals surface area contributed by atoms with Crippen LogP contribution in [0.4, 0.5) is 20.3 Å². The number of pyridine rings is 1. The van der Waals surface area contributed by atoms with Crippen molar-refractivity contribution in [3.63, 3.8) is 0 Å². The van der Waals surface area contributed by atoms with Crippen molar-refractivity contribution in [2.75, 3.05) is 24.4 Å². The number of amides is 2. The molecule has 0 fully saturated rings. The van der Waals surface area contributed by atoms with Gasteiger partial charge >= 0.3 is 5.69 Å². The van der Waals surface area contributed by atoms with Gasteiger partial charge in [0.25, 0.3) is 5.56 Å². The van der Waals surface area contributed by atoms with Crippen molar-refractivity contribution in [2.24, 2.45) is 0 Å². The number of hydrogen-bond donors (Lipinski definition) is 2. The number of anilines is 2. The number of nitrogens with one attached hydrogen (secondary N) is 2. The van der Waals surface area contributed by atoms with Gasteiger partial charge in [0.1, 0.15) is 12.4 Å². The van der Waals surface area contributed by atoms with Crippen LogP contribution in [0.15, 0.2) is 70.5 Å². The molecule has 1 aliphatic heterocycles. The summed E-state index contributed by atoms with van der Waals surface area (Å²) in [7, 11) is 1.40. The first-order chi connectivity index (χ1) is 20.6. The molecule has 0 saturated heterocycles. The molecule has 2 atom stereocenters. The molecule has 2 amide bonds. The molecule has 10 nitrogen and oxygen atoms in total. The standard InChI is InChI=1S/C31H27F2N5O5/c1-17(16-43-2)38-28(40)22(21-5-3-7-24(32)26(21)33)14-37(30(38)42)15-25(39)35-20-9-8-18-12-31(13-19(18)11-20)23-6-4-10-34-27(23)36-29(31)41/h3-11,14,17H,12-13,15-16H2,1-2H3,(H,35,39)(H,34,36,41). The maximum atomic E-state index is 14.7. The van der Waals surface area contributed by atoms with Crippen LogP contribution in [0.1, 0.15) is 29.7 Å². The summed E-state index contributed by atoms with van der Waals surface area (Å²) in [5.41, 5.74) is 0.140. The molecular weight excluding hydrogens is 560 g/mol. The van der Waals surface area contributed by atoms with Crippen LogP contribution >= 0.6 is 0 Å². The van der Waals surface area contributed by atoms with Crippen molar-refractivity contribution in [3.8, 4) is 11.1 Å². The Morgan fingerprint density at radius 2 is 1.88 bits per heavy atom. The highest BCUT2D eigenvalue weighted by Gasteiger charge is 2.51. The van der Waals surface area contributed by atoms with Crippen LogP contribution in [0.5, 0.6) is 0 Å². The Labute approximate surface area is 244 Å². The molecule has 4 aromatic rings. The quantitative estimate of drug-likeness (QED) is 0.342. The first-order valence-corrected chi connectivity index (χ1v) is 13.6. The molecule has 0 bridgehead atoms. The second kappa shape index (κ2) is 10.7. The lowest BCUT2D eigenvalue weighted by atomic mass is 9.79. The van der Waals surface area contributed by atoms with Gasteiger partial charge in [-0.25, -0.2) is 18.6 Å². The van der Waals surface area contributed by atoms with E-state index in [0.717, 1.165) is 38.1 Å². The van der Waals surface area contributed by atoms with E-state index in [9.17, 15) is 28.0 Å². The van der Waals surface area contributed by atoms with Gasteiger partial charge in [0.15, 0.2) is 11.6 Å². The molecule has 1 spiro atoms. The highest BCUT2D eigenvalue weighted by molar-refractivity contribution is 6.06. The van der Waals surface area contributed by atoms with Crippen molar-refractivity contribution in [3.05, 3.63) is 110 Å². The van der Waals surface area contributed by atoms with Crippen molar-refractivity contribution in [1.82, 2.24) is 14.1 Å². The molecule has 0 radical (unpaired) electrons. The maximum Gasteiger partial charge on any atom is 0.331 e. The van der Waals surface area contributed by atoms with E-state index < -0.39 is 46.8 Å². The number of hydrogen-bond acceptors (Lipinski definition) is 6. The lowest BCUT2D eigenvalue weighted by molar-refractivity contribution is -0.120. The van der Waals surface area contributed by atoms with E-state index in [4.69, 9.17) is 4.74 Å². The monoisotopic (exact) mass is 587 g/mol. The van der Waals surface area contributed by atoms with Gasteiger partial charge in [0, 0.05) is 36.3 Å². The van der Waals surface area contributed by atoms with Crippen LogP contribution in [-0.4, -0.2) is 39.6 Å². The van der Waals surface area contributed by atoms with Crippen molar-refractivity contribution in [1.29, 1.82) is 0 Å². The number of aromatic nitrogens is 3. The van der Waals surface area contributed by atoms with Crippen LogP contribution in [0, 0.1) is 11.6 Å². The molecule has 2 aromatic heterocycles. The lowest BCUT2D eigenvalue weighted by Crippen LogP contribution is -2.44. The molecule has 220 valence electrons. The summed E-state index contributed by atoms with van der Waals surface area (Å²) in [6, 6.07) is 11.7. The predicted molar refractivity (Wildman–Crippen MR) is 154 cm³/mol. The van der Waals surface area contributed by atoms with Gasteiger partial charge in [-0.2, -0.15) is 0 Å². The Morgan fingerprint density at radius 1 is 1.09 bits per heavy atom. The highest BCUT2D eigenvalue weighted by Crippen LogP contribution is 2.46. The lowest BCUT2D eigenvalue weighted by Gasteiger charge is -2.20. The van der Waals surface area contributed by atoms with Crippen molar-refractivity contribution in [2.45, 2.75) is 37.8 Å². The zero-order valence-electron chi connectivity index (χ0n) is 23.3. The number of ether oxygens (including phenoxy) is 1. The Hall–Kier alpha value is -4.97. The average molecular weight is 588 g/mol. The van der Waals surface area contributed by atoms with Gasteiger partial charge in [-0.15, -0.1) is 0 Å². The summed E-state index contributed by atoms with van der Waals surface area (Å²) in [6.45, 7) is 1.05. The number of methoxy groups -OCH3 is 1. The fourth-order valence-corrected chi connectivity index (χ4v) is 6.04. The minimum Gasteiger partial charge on any atom is -0.383 e. The van der Waals surface area contributed by atoms with Crippen molar-refractivity contribution >= 4 is 23.3 Å². The summed E-state index contributed by atoms with van der Waals surface area (Å²) in [5.74, 6) is -2.55. The average Bonchev–Trinajstić information content (AvgIpc) is 3.49. The molecule has 2 aromatic carbocycles. The SMILES string of the molecule is COCC(C)n1c(=O)c(-c2cccc(F)c2F)cn(CC(=O)Nc2ccc3c(c2)CC2(C3)C(=O)Nc3ncccc32)c1=O. The Balaban J connectivity index is 1.29. The van der Waals surface area contributed by atoms with Gasteiger partial charge in [0.05, 0.1) is 23.6 Å². The van der Waals surface area contributed by atoms with E-state index in [1.807, 2.05) is 12.1 Å². The van der Waals surface area contributed by atoms with Gasteiger partial charge in [-0.1, -0.05) is 24.3 Å². The zero-order valence-corrected chi connectivity index (χ0v) is 23.3. The van der Waals surface area contributed by atoms with E-state index >= 15 is 0 Å². The highest BCUT2D eigenvalue weighted by atomic mass is 19.2. The third-order valence-corrected chi connectivity index (χ3v) is 8.05. The van der Waals surface area contributed by atoms with Gasteiger partial charge in [-0.05, 0) is 55.2 Å². The number of benzene rings is 2. The predicted octanol–water partition coefficient (Wildman–Crippen LogP) is 3.19. The first-order valence-electron chi connectivity index (χ1n) is 13.6. The molecule has 0 saturated carbocycles. The van der Waals surface area contributed by atoms with E-state index in [1.54, 1.807) is 31.3 Å². The van der Waals surface area contributed by atoms with Gasteiger partial charge in [-0.3, -0.25) is 23.5 Å². The van der Waals surface area contributed by atoms with Crippen LogP contribution in [0.25, 0.3) is 11.1 Å². The Kier molecular flexibility index (Phi) is 7.01. The molecule has 2 unspecified atom stereocenters. The number of halogens is 2. The summed E-state index contributed by atoms with van der Waals surface area (Å²) in [4.78, 5) is 57.1. The minimum atomic E-state index is -1.24. The van der Waals surface area contributed by atoms with Gasteiger partial charge in [0.2, 0.25) is 11.8 Å². The van der Waals surface area contributed by atoms with E-state index in [1.165, 1.54) is 19.2 Å². The zero-order chi connectivity index (χ0) is 30.5. The largest absolute Gasteiger partial charge is 0.383 e. The molecule has 6 rings (SSSR count). The van der Waals surface area contributed by atoms with Crippen LogP contribution in [-0.2, 0) is 39.1 Å². The van der Waals surface area contributed by atoms with E-state index in [-0.39, 0.29) is 23.6 Å². The Morgan fingerprint density at radius 3 is 2.67 bits per heavy atom. The van der Waals surface area contributed by atoms with E-state index in [2.05, 4.69) is 15.6 Å². The molecule has 43 heavy (non-hydrogen) atoms. The number of fused-ring (bicyclic) bond motifs is 3. The normalized spacial score (nSPS) is 17.4. The first kappa shape index (κ1) is 28.2. The van der Waals surface area contributed by atoms with Crippen LogP contribution in [0.3, 0.4) is 0 Å². The minimum absolute atomic E-state index is 0.00833. The summed E-state index contributed by atoms with van der Waals surface area (Å²) < 4.78 is 35.7. The molecule has 1 aliphatic carbocycles. The van der Waals surface area contributed by atoms with Gasteiger partial charge < -0.3 is 15.4 Å². The smallest absolute Gasteiger partial charge is 0.331 e. The van der Waals surface area contributed by atoms with E-state index in [0.29, 0.717) is 24.3 Å². The van der Waals surface area contributed by atoms with Crippen LogP contribution < -0.4 is 21.9 Å². The second-order valence-corrected chi connectivity index (χ2v) is 10.9. The maximum absolute atomic E-state index is 14.7. The molecule has 3 heterocycles. The molecule has 2 aliphatic rings. The summed E-state index contributed by atoms with van der Waals surface area (Å²) >= 11 is 0. The summed E-state index contributed by atoms with van der Waals surface area (Å²) in [5, 5.41) is 5.63. The molecule has 12 heteroatoms. The number of rotatable bonds is 7.